The van der Waals surface area contributed by atoms with E-state index in [1.165, 1.54) is 19.1 Å². The summed E-state index contributed by atoms with van der Waals surface area (Å²) in [6, 6.07) is 3.35. The zero-order chi connectivity index (χ0) is 17.7. The number of halogens is 2. The Bertz CT molecular complexity index is 643. The van der Waals surface area contributed by atoms with Crippen LogP contribution in [0.4, 0.5) is 8.78 Å². The summed E-state index contributed by atoms with van der Waals surface area (Å²) in [7, 11) is 0. The van der Waals surface area contributed by atoms with Crippen molar-refractivity contribution in [3.8, 4) is 0 Å². The lowest BCUT2D eigenvalue weighted by Crippen LogP contribution is -2.50. The Morgan fingerprint density at radius 3 is 2.33 bits per heavy atom. The Labute approximate surface area is 138 Å². The summed E-state index contributed by atoms with van der Waals surface area (Å²) < 4.78 is 26.6. The molecule has 1 heterocycles. The van der Waals surface area contributed by atoms with Gasteiger partial charge in [-0.15, -0.1) is 0 Å². The zero-order valence-electron chi connectivity index (χ0n) is 13.3. The second kappa shape index (κ2) is 7.85. The molecule has 0 aliphatic carbocycles. The lowest BCUT2D eigenvalue weighted by atomic mass is 10.2. The first-order valence-corrected chi connectivity index (χ1v) is 7.65. The van der Waals surface area contributed by atoms with Crippen LogP contribution in [0.2, 0.25) is 0 Å². The number of hydrogen-bond acceptors (Lipinski definition) is 3. The van der Waals surface area contributed by atoms with Crippen molar-refractivity contribution in [2.45, 2.75) is 13.3 Å². The Morgan fingerprint density at radius 1 is 1.08 bits per heavy atom. The molecule has 0 saturated carbocycles. The summed E-state index contributed by atoms with van der Waals surface area (Å²) in [4.78, 5) is 38.4. The first-order chi connectivity index (χ1) is 11.4. The molecular formula is C16H19F2N3O3. The molecule has 1 saturated heterocycles. The lowest BCUT2D eigenvalue weighted by Gasteiger charge is -2.34. The second-order valence-corrected chi connectivity index (χ2v) is 5.49. The average molecular weight is 339 g/mol. The monoisotopic (exact) mass is 339 g/mol. The van der Waals surface area contributed by atoms with Crippen LogP contribution in [0, 0.1) is 11.6 Å². The maximum absolute atomic E-state index is 13.5. The number of amides is 3. The molecule has 1 N–H and O–H groups in total. The van der Waals surface area contributed by atoms with Gasteiger partial charge in [0.15, 0.2) is 11.6 Å². The van der Waals surface area contributed by atoms with Crippen molar-refractivity contribution in [2.24, 2.45) is 0 Å². The van der Waals surface area contributed by atoms with Gasteiger partial charge in [0, 0.05) is 46.1 Å². The summed E-state index contributed by atoms with van der Waals surface area (Å²) in [5.74, 6) is -3.24. The number of hydrogen-bond donors (Lipinski definition) is 1. The van der Waals surface area contributed by atoms with Crippen LogP contribution >= 0.6 is 0 Å². The van der Waals surface area contributed by atoms with Crippen molar-refractivity contribution in [1.29, 1.82) is 0 Å². The maximum Gasteiger partial charge on any atom is 0.254 e. The van der Waals surface area contributed by atoms with Crippen molar-refractivity contribution in [2.75, 3.05) is 32.7 Å². The van der Waals surface area contributed by atoms with E-state index >= 15 is 0 Å². The molecule has 0 bridgehead atoms. The highest BCUT2D eigenvalue weighted by atomic mass is 19.2. The predicted molar refractivity (Wildman–Crippen MR) is 82.1 cm³/mol. The van der Waals surface area contributed by atoms with E-state index in [4.69, 9.17) is 0 Å². The quantitative estimate of drug-likeness (QED) is 0.881. The van der Waals surface area contributed by atoms with E-state index in [9.17, 15) is 23.2 Å². The molecule has 3 amide bonds. The maximum atomic E-state index is 13.5. The summed E-state index contributed by atoms with van der Waals surface area (Å²) >= 11 is 0. The van der Waals surface area contributed by atoms with Gasteiger partial charge in [0.1, 0.15) is 0 Å². The van der Waals surface area contributed by atoms with E-state index in [0.29, 0.717) is 26.2 Å². The van der Waals surface area contributed by atoms with Crippen LogP contribution in [0.25, 0.3) is 0 Å². The van der Waals surface area contributed by atoms with Gasteiger partial charge in [-0.1, -0.05) is 6.07 Å². The molecule has 1 aliphatic rings. The van der Waals surface area contributed by atoms with Crippen LogP contribution in [0.3, 0.4) is 0 Å². The largest absolute Gasteiger partial charge is 0.351 e. The van der Waals surface area contributed by atoms with Crippen molar-refractivity contribution in [1.82, 2.24) is 15.1 Å². The summed E-state index contributed by atoms with van der Waals surface area (Å²) in [6.07, 6.45) is 0.0583. The van der Waals surface area contributed by atoms with Gasteiger partial charge >= 0.3 is 0 Å². The Hall–Kier alpha value is -2.51. The normalized spacial score (nSPS) is 14.5. The van der Waals surface area contributed by atoms with E-state index in [2.05, 4.69) is 5.32 Å². The molecule has 0 spiro atoms. The van der Waals surface area contributed by atoms with Gasteiger partial charge in [-0.25, -0.2) is 8.78 Å². The molecule has 0 unspecified atom stereocenters. The van der Waals surface area contributed by atoms with Crippen LogP contribution < -0.4 is 5.32 Å². The molecule has 1 aliphatic heterocycles. The third kappa shape index (κ3) is 4.27. The third-order valence-electron chi connectivity index (χ3n) is 3.90. The van der Waals surface area contributed by atoms with Crippen LogP contribution in [-0.2, 0) is 9.59 Å². The van der Waals surface area contributed by atoms with Gasteiger partial charge in [0.2, 0.25) is 11.8 Å². The first kappa shape index (κ1) is 17.8. The van der Waals surface area contributed by atoms with E-state index in [1.54, 1.807) is 9.80 Å². The number of benzene rings is 1. The molecule has 24 heavy (non-hydrogen) atoms. The van der Waals surface area contributed by atoms with Gasteiger partial charge in [-0.2, -0.15) is 0 Å². The van der Waals surface area contributed by atoms with E-state index in [0.717, 1.165) is 6.07 Å². The van der Waals surface area contributed by atoms with Gasteiger partial charge < -0.3 is 15.1 Å². The van der Waals surface area contributed by atoms with Gasteiger partial charge in [-0.3, -0.25) is 14.4 Å². The smallest absolute Gasteiger partial charge is 0.254 e. The first-order valence-electron chi connectivity index (χ1n) is 7.65. The van der Waals surface area contributed by atoms with Gasteiger partial charge in [-0.05, 0) is 12.1 Å². The minimum Gasteiger partial charge on any atom is -0.351 e. The molecule has 0 radical (unpaired) electrons. The molecule has 0 atom stereocenters. The van der Waals surface area contributed by atoms with E-state index in [1.807, 2.05) is 0 Å². The summed E-state index contributed by atoms with van der Waals surface area (Å²) in [6.45, 7) is 3.39. The summed E-state index contributed by atoms with van der Waals surface area (Å²) in [5, 5.41) is 2.41. The number of nitrogens with one attached hydrogen (secondary N) is 1. The Morgan fingerprint density at radius 2 is 1.71 bits per heavy atom. The van der Waals surface area contributed by atoms with Crippen LogP contribution in [0.15, 0.2) is 18.2 Å². The van der Waals surface area contributed by atoms with Crippen LogP contribution in [-0.4, -0.2) is 60.2 Å². The highest BCUT2D eigenvalue weighted by molar-refractivity contribution is 5.94. The fraction of sp³-hybridized carbons (Fsp3) is 0.438. The Kier molecular flexibility index (Phi) is 5.83. The van der Waals surface area contributed by atoms with Crippen molar-refractivity contribution < 1.29 is 23.2 Å². The number of nitrogens with zero attached hydrogens (tertiary/aromatic N) is 2. The standard InChI is InChI=1S/C16H19F2N3O3/c1-11(22)20-7-9-21(10-8-20)14(23)5-6-19-16(24)12-3-2-4-13(17)15(12)18/h2-4H,5-10H2,1H3,(H,19,24). The molecule has 1 aromatic carbocycles. The molecule has 1 aromatic rings. The van der Waals surface area contributed by atoms with Crippen molar-refractivity contribution in [3.63, 3.8) is 0 Å². The number of carbonyl (C=O) groups is 3. The number of rotatable bonds is 4. The molecule has 8 heteroatoms. The van der Waals surface area contributed by atoms with Crippen molar-refractivity contribution >= 4 is 17.7 Å². The molecule has 6 nitrogen and oxygen atoms in total. The Balaban J connectivity index is 1.78. The number of carbonyl (C=O) groups excluding carboxylic acids is 3. The van der Waals surface area contributed by atoms with Gasteiger partial charge in [0.25, 0.3) is 5.91 Å². The fourth-order valence-corrected chi connectivity index (χ4v) is 2.49. The highest BCUT2D eigenvalue weighted by Gasteiger charge is 2.22. The molecule has 1 fully saturated rings. The fourth-order valence-electron chi connectivity index (χ4n) is 2.49. The van der Waals surface area contributed by atoms with Gasteiger partial charge in [0.05, 0.1) is 5.56 Å². The van der Waals surface area contributed by atoms with Crippen LogP contribution in [0.5, 0.6) is 0 Å². The predicted octanol–water partition coefficient (Wildman–Crippen LogP) is 0.775. The second-order valence-electron chi connectivity index (χ2n) is 5.49. The summed E-state index contributed by atoms with van der Waals surface area (Å²) in [5.41, 5.74) is -0.391. The zero-order valence-corrected chi connectivity index (χ0v) is 13.3. The van der Waals surface area contributed by atoms with Crippen molar-refractivity contribution in [3.05, 3.63) is 35.4 Å². The van der Waals surface area contributed by atoms with Crippen LogP contribution in [0.1, 0.15) is 23.7 Å². The number of piperazine rings is 1. The molecule has 130 valence electrons. The third-order valence-corrected chi connectivity index (χ3v) is 3.90. The molecule has 0 aromatic heterocycles. The molecular weight excluding hydrogens is 320 g/mol. The molecule has 2 rings (SSSR count). The SMILES string of the molecule is CC(=O)N1CCN(C(=O)CCNC(=O)c2cccc(F)c2F)CC1. The average Bonchev–Trinajstić information content (AvgIpc) is 2.57. The van der Waals surface area contributed by atoms with E-state index in [-0.39, 0.29) is 24.8 Å². The van der Waals surface area contributed by atoms with E-state index < -0.39 is 23.1 Å². The lowest BCUT2D eigenvalue weighted by molar-refractivity contribution is -0.138. The topological polar surface area (TPSA) is 69.7 Å². The minimum absolute atomic E-state index is 0.0218. The minimum atomic E-state index is -1.21. The highest BCUT2D eigenvalue weighted by Crippen LogP contribution is 2.11.